The molecule has 2 amide bonds. The lowest BCUT2D eigenvalue weighted by Gasteiger charge is -2.18. The number of hydrazine groups is 1. The van der Waals surface area contributed by atoms with Crippen molar-refractivity contribution in [3.05, 3.63) is 21.7 Å². The molecule has 3 heterocycles. The standard InChI is InChI=1S/C17H22N6O7S2/c1-3-4-5-30-21-12(10-8-31-17(18)20-10)14(24)19-9-6-22-7-11(32(2,28)29)13(16(26)27)23(22)15(9)25/h8-9H,3-7H2,1-2H3,(H2,18,20)(H,19,24)(H,26,27)/b21-12-/t9-/m0/s1. The molecule has 1 saturated heterocycles. The number of oxime groups is 1. The molecule has 0 aromatic carbocycles. The van der Waals surface area contributed by atoms with Gasteiger partial charge in [0.25, 0.3) is 11.8 Å². The molecule has 1 fully saturated rings. The van der Waals surface area contributed by atoms with Gasteiger partial charge in [-0.1, -0.05) is 18.5 Å². The zero-order valence-corrected chi connectivity index (χ0v) is 18.9. The Bertz CT molecular complexity index is 1110. The molecule has 2 aliphatic rings. The quantitative estimate of drug-likeness (QED) is 0.225. The van der Waals surface area contributed by atoms with Crippen molar-refractivity contribution in [3.8, 4) is 0 Å². The predicted octanol–water partition coefficient (Wildman–Crippen LogP) is -0.855. The van der Waals surface area contributed by atoms with Crippen LogP contribution in [0, 0.1) is 0 Å². The van der Waals surface area contributed by atoms with Crippen LogP contribution in [-0.4, -0.2) is 84.0 Å². The van der Waals surface area contributed by atoms with Gasteiger partial charge in [-0.3, -0.25) is 9.59 Å². The second-order valence-corrected chi connectivity index (χ2v) is 10.00. The van der Waals surface area contributed by atoms with Crippen molar-refractivity contribution in [3.63, 3.8) is 0 Å². The summed E-state index contributed by atoms with van der Waals surface area (Å²) in [6, 6.07) is -1.13. The van der Waals surface area contributed by atoms with E-state index in [1.54, 1.807) is 0 Å². The van der Waals surface area contributed by atoms with Crippen LogP contribution in [-0.2, 0) is 29.1 Å². The molecule has 3 rings (SSSR count). The number of anilines is 1. The average molecular weight is 487 g/mol. The Morgan fingerprint density at radius 3 is 2.75 bits per heavy atom. The third kappa shape index (κ3) is 4.73. The summed E-state index contributed by atoms with van der Waals surface area (Å²) in [5, 5.41) is 19.6. The minimum absolute atomic E-state index is 0.121. The van der Waals surface area contributed by atoms with Crippen LogP contribution in [0.4, 0.5) is 5.13 Å². The predicted molar refractivity (Wildman–Crippen MR) is 114 cm³/mol. The van der Waals surface area contributed by atoms with Crippen molar-refractivity contribution in [2.75, 3.05) is 31.7 Å². The summed E-state index contributed by atoms with van der Waals surface area (Å²) in [4.78, 5) is 46.2. The molecule has 15 heteroatoms. The summed E-state index contributed by atoms with van der Waals surface area (Å²) in [7, 11) is -3.84. The number of fused-ring (bicyclic) bond motifs is 1. The van der Waals surface area contributed by atoms with Gasteiger partial charge in [-0.15, -0.1) is 11.3 Å². The molecule has 0 aliphatic carbocycles. The van der Waals surface area contributed by atoms with Crippen molar-refractivity contribution < 1.29 is 32.7 Å². The molecule has 0 saturated carbocycles. The number of nitrogens with two attached hydrogens (primary N) is 1. The Hall–Kier alpha value is -3.04. The van der Waals surface area contributed by atoms with Crippen molar-refractivity contribution in [1.82, 2.24) is 20.3 Å². The minimum atomic E-state index is -3.84. The number of rotatable bonds is 9. The van der Waals surface area contributed by atoms with E-state index in [2.05, 4.69) is 15.5 Å². The summed E-state index contributed by atoms with van der Waals surface area (Å²) in [6.45, 7) is 1.83. The van der Waals surface area contributed by atoms with Crippen molar-refractivity contribution in [2.45, 2.75) is 25.8 Å². The number of hydrogen-bond donors (Lipinski definition) is 3. The maximum atomic E-state index is 12.9. The molecule has 0 spiro atoms. The first-order valence-corrected chi connectivity index (χ1v) is 12.3. The number of nitrogens with one attached hydrogen (secondary N) is 1. The number of aromatic nitrogens is 1. The Morgan fingerprint density at radius 2 is 2.19 bits per heavy atom. The van der Waals surface area contributed by atoms with Crippen LogP contribution in [0.5, 0.6) is 0 Å². The van der Waals surface area contributed by atoms with Gasteiger partial charge in [-0.25, -0.2) is 28.2 Å². The number of sulfone groups is 1. The van der Waals surface area contributed by atoms with Gasteiger partial charge in [-0.2, -0.15) is 0 Å². The SMILES string of the molecule is CCCCO/N=C(\C(=O)N[C@H]1CN2CC(S(C)(=O)=O)=C(C(=O)O)N2C1=O)c1csc(N)n1. The molecule has 1 atom stereocenters. The molecular weight excluding hydrogens is 464 g/mol. The first kappa shape index (κ1) is 23.6. The number of hydrogen-bond acceptors (Lipinski definition) is 11. The Balaban J connectivity index is 1.81. The van der Waals surface area contributed by atoms with Crippen LogP contribution in [0.25, 0.3) is 0 Å². The van der Waals surface area contributed by atoms with Gasteiger partial charge >= 0.3 is 5.97 Å². The van der Waals surface area contributed by atoms with Crippen LogP contribution in [0.15, 0.2) is 21.1 Å². The summed E-state index contributed by atoms with van der Waals surface area (Å²) >= 11 is 1.10. The highest BCUT2D eigenvalue weighted by Crippen LogP contribution is 2.31. The van der Waals surface area contributed by atoms with E-state index in [0.717, 1.165) is 35.4 Å². The topological polar surface area (TPSA) is 185 Å². The lowest BCUT2D eigenvalue weighted by atomic mass is 10.2. The van der Waals surface area contributed by atoms with Crippen LogP contribution < -0.4 is 11.1 Å². The highest BCUT2D eigenvalue weighted by molar-refractivity contribution is 7.94. The Kier molecular flexibility index (Phi) is 6.80. The number of unbranched alkanes of at least 4 members (excludes halogenated alkanes) is 1. The van der Waals surface area contributed by atoms with E-state index in [9.17, 15) is 27.9 Å². The highest BCUT2D eigenvalue weighted by Gasteiger charge is 2.50. The molecule has 0 radical (unpaired) electrons. The number of aliphatic carboxylic acids is 1. The maximum absolute atomic E-state index is 12.9. The largest absolute Gasteiger partial charge is 0.476 e. The van der Waals surface area contributed by atoms with Gasteiger partial charge in [0, 0.05) is 18.2 Å². The molecule has 13 nitrogen and oxygen atoms in total. The van der Waals surface area contributed by atoms with Crippen molar-refractivity contribution in [2.24, 2.45) is 5.16 Å². The van der Waals surface area contributed by atoms with Crippen LogP contribution in [0.2, 0.25) is 0 Å². The van der Waals surface area contributed by atoms with Gasteiger partial charge in [0.05, 0.1) is 11.4 Å². The van der Waals surface area contributed by atoms with Gasteiger partial charge < -0.3 is 21.0 Å². The zero-order chi connectivity index (χ0) is 23.6. The third-order valence-corrected chi connectivity index (χ3v) is 6.56. The smallest absolute Gasteiger partial charge is 0.355 e. The first-order chi connectivity index (χ1) is 15.0. The lowest BCUT2D eigenvalue weighted by molar-refractivity contribution is -0.143. The van der Waals surface area contributed by atoms with Gasteiger partial charge in [0.15, 0.2) is 26.4 Å². The molecule has 2 aliphatic heterocycles. The van der Waals surface area contributed by atoms with Gasteiger partial charge in [0.2, 0.25) is 0 Å². The number of carboxylic acids is 1. The third-order valence-electron chi connectivity index (χ3n) is 4.67. The number of carboxylic acid groups (broad SMARTS) is 1. The fourth-order valence-corrected chi connectivity index (χ4v) is 4.62. The second kappa shape index (κ2) is 9.22. The van der Waals surface area contributed by atoms with E-state index in [4.69, 9.17) is 10.6 Å². The fourth-order valence-electron chi connectivity index (χ4n) is 3.16. The molecule has 0 unspecified atom stereocenters. The summed E-state index contributed by atoms with van der Waals surface area (Å²) in [5.74, 6) is -3.10. The van der Waals surface area contributed by atoms with Crippen LogP contribution in [0.3, 0.4) is 0 Å². The molecule has 174 valence electrons. The normalized spacial score (nSPS) is 19.4. The fraction of sp³-hybridized carbons (Fsp3) is 0.471. The minimum Gasteiger partial charge on any atom is -0.476 e. The summed E-state index contributed by atoms with van der Waals surface area (Å²) in [6.07, 6.45) is 2.45. The Labute approximate surface area is 187 Å². The molecular formula is C17H22N6O7S2. The number of carbonyl (C=O) groups is 3. The van der Waals surface area contributed by atoms with E-state index in [1.165, 1.54) is 10.4 Å². The van der Waals surface area contributed by atoms with E-state index >= 15 is 0 Å². The maximum Gasteiger partial charge on any atom is 0.355 e. The first-order valence-electron chi connectivity index (χ1n) is 9.52. The number of carbonyl (C=O) groups excluding carboxylic acids is 2. The number of amides is 2. The van der Waals surface area contributed by atoms with Crippen molar-refractivity contribution >= 4 is 49.8 Å². The van der Waals surface area contributed by atoms with E-state index in [1.807, 2.05) is 6.92 Å². The average Bonchev–Trinajstić information content (AvgIpc) is 3.37. The second-order valence-electron chi connectivity index (χ2n) is 7.07. The summed E-state index contributed by atoms with van der Waals surface area (Å²) < 4.78 is 23.9. The number of nitrogen functional groups attached to an aromatic ring is 1. The molecule has 1 aromatic rings. The molecule has 1 aromatic heterocycles. The van der Waals surface area contributed by atoms with Crippen molar-refractivity contribution in [1.29, 1.82) is 0 Å². The number of nitrogens with zero attached hydrogens (tertiary/aromatic N) is 4. The highest BCUT2D eigenvalue weighted by atomic mass is 32.2. The van der Waals surface area contributed by atoms with E-state index in [0.29, 0.717) is 0 Å². The molecule has 4 N–H and O–H groups in total. The zero-order valence-electron chi connectivity index (χ0n) is 17.3. The van der Waals surface area contributed by atoms with Gasteiger partial charge in [0.1, 0.15) is 18.3 Å². The van der Waals surface area contributed by atoms with Crippen LogP contribution in [0.1, 0.15) is 25.5 Å². The summed E-state index contributed by atoms with van der Waals surface area (Å²) in [5.41, 5.74) is 4.97. The molecule has 0 bridgehead atoms. The van der Waals surface area contributed by atoms with Gasteiger partial charge in [-0.05, 0) is 6.42 Å². The van der Waals surface area contributed by atoms with E-state index < -0.39 is 39.4 Å². The van der Waals surface area contributed by atoms with E-state index in [-0.39, 0.29) is 41.1 Å². The molecule has 32 heavy (non-hydrogen) atoms. The lowest BCUT2D eigenvalue weighted by Crippen LogP contribution is -2.46. The monoisotopic (exact) mass is 486 g/mol. The van der Waals surface area contributed by atoms with Crippen LogP contribution >= 0.6 is 11.3 Å². The Morgan fingerprint density at radius 1 is 1.47 bits per heavy atom. The number of thiazole rings is 1.